The third kappa shape index (κ3) is 2.93. The van der Waals surface area contributed by atoms with E-state index in [1.807, 2.05) is 30.0 Å². The van der Waals surface area contributed by atoms with Crippen molar-refractivity contribution in [1.82, 2.24) is 15.1 Å². The molecule has 2 fully saturated rings. The molecule has 1 amide bonds. The molecule has 26 heavy (non-hydrogen) atoms. The van der Waals surface area contributed by atoms with Gasteiger partial charge in [0.1, 0.15) is 11.5 Å². The fraction of sp³-hybridized carbons (Fsp3) is 0.500. The van der Waals surface area contributed by atoms with Crippen LogP contribution >= 0.6 is 0 Å². The van der Waals surface area contributed by atoms with E-state index in [2.05, 4.69) is 10.2 Å². The van der Waals surface area contributed by atoms with Crippen LogP contribution in [0.5, 0.6) is 11.5 Å². The minimum Gasteiger partial charge on any atom is -0.497 e. The highest BCUT2D eigenvalue weighted by molar-refractivity contribution is 5.97. The van der Waals surface area contributed by atoms with Crippen LogP contribution in [0.25, 0.3) is 0 Å². The van der Waals surface area contributed by atoms with Crippen molar-refractivity contribution in [3.63, 3.8) is 0 Å². The molecule has 1 saturated carbocycles. The fourth-order valence-corrected chi connectivity index (χ4v) is 3.89. The number of H-pyrrole nitrogens is 1. The summed E-state index contributed by atoms with van der Waals surface area (Å²) >= 11 is 0. The Labute approximate surface area is 153 Å². The van der Waals surface area contributed by atoms with E-state index in [0.717, 1.165) is 59.8 Å². The second kappa shape index (κ2) is 6.67. The predicted molar refractivity (Wildman–Crippen MR) is 98.1 cm³/mol. The largest absolute Gasteiger partial charge is 0.497 e. The molecule has 0 spiro atoms. The van der Waals surface area contributed by atoms with Crippen molar-refractivity contribution in [3.05, 3.63) is 40.7 Å². The number of hydrogen-bond donors (Lipinski definition) is 1. The Kier molecular flexibility index (Phi) is 4.34. The number of aryl methyl sites for hydroxylation is 1. The molecule has 6 nitrogen and oxygen atoms in total. The monoisotopic (exact) mass is 355 g/mol. The molecule has 1 saturated heterocycles. The number of hydrogen-bond acceptors (Lipinski definition) is 4. The molecule has 2 aliphatic rings. The topological polar surface area (TPSA) is 67.5 Å². The molecule has 0 radical (unpaired) electrons. The van der Waals surface area contributed by atoms with E-state index >= 15 is 0 Å². The van der Waals surface area contributed by atoms with Crippen LogP contribution in [-0.2, 0) is 0 Å². The molecule has 0 bridgehead atoms. The van der Waals surface area contributed by atoms with Gasteiger partial charge < -0.3 is 14.4 Å². The quantitative estimate of drug-likeness (QED) is 0.894. The van der Waals surface area contributed by atoms with E-state index in [4.69, 9.17) is 9.47 Å². The van der Waals surface area contributed by atoms with Gasteiger partial charge in [-0.3, -0.25) is 9.89 Å². The summed E-state index contributed by atoms with van der Waals surface area (Å²) in [7, 11) is 3.34. The van der Waals surface area contributed by atoms with Crippen LogP contribution in [0.4, 0.5) is 0 Å². The molecule has 6 heteroatoms. The Morgan fingerprint density at radius 2 is 2.00 bits per heavy atom. The lowest BCUT2D eigenvalue weighted by molar-refractivity contribution is 0.0789. The van der Waals surface area contributed by atoms with Gasteiger partial charge in [0, 0.05) is 36.2 Å². The van der Waals surface area contributed by atoms with Gasteiger partial charge in [-0.2, -0.15) is 5.10 Å². The number of benzene rings is 1. The average Bonchev–Trinajstić information content (AvgIpc) is 3.25. The third-order valence-corrected chi connectivity index (χ3v) is 5.51. The van der Waals surface area contributed by atoms with Crippen LogP contribution in [0.1, 0.15) is 58.4 Å². The highest BCUT2D eigenvalue weighted by atomic mass is 16.5. The number of nitrogens with one attached hydrogen (secondary N) is 1. The van der Waals surface area contributed by atoms with E-state index < -0.39 is 0 Å². The van der Waals surface area contributed by atoms with Crippen molar-refractivity contribution < 1.29 is 14.3 Å². The highest BCUT2D eigenvalue weighted by Gasteiger charge is 2.36. The van der Waals surface area contributed by atoms with Gasteiger partial charge in [-0.1, -0.05) is 0 Å². The first-order valence-electron chi connectivity index (χ1n) is 9.18. The van der Waals surface area contributed by atoms with Gasteiger partial charge in [0.25, 0.3) is 5.91 Å². The zero-order valence-electron chi connectivity index (χ0n) is 15.5. The lowest BCUT2D eigenvalue weighted by Crippen LogP contribution is -2.29. The number of nitrogens with zero attached hydrogens (tertiary/aromatic N) is 2. The van der Waals surface area contributed by atoms with Crippen LogP contribution in [0.3, 0.4) is 0 Å². The Hall–Kier alpha value is -2.50. The molecule has 2 aromatic rings. The molecule has 1 aromatic heterocycles. The minimum atomic E-state index is 0.0995. The fourth-order valence-electron chi connectivity index (χ4n) is 3.89. The molecule has 4 rings (SSSR count). The first-order valence-corrected chi connectivity index (χ1v) is 9.18. The van der Waals surface area contributed by atoms with E-state index in [9.17, 15) is 4.79 Å². The molecule has 1 aromatic carbocycles. The number of carbonyl (C=O) groups excluding carboxylic acids is 1. The number of aromatic amines is 1. The maximum absolute atomic E-state index is 13.1. The number of carbonyl (C=O) groups is 1. The van der Waals surface area contributed by atoms with Gasteiger partial charge in [0.2, 0.25) is 0 Å². The second-order valence-electron chi connectivity index (χ2n) is 7.23. The summed E-state index contributed by atoms with van der Waals surface area (Å²) in [6.07, 6.45) is 3.19. The third-order valence-electron chi connectivity index (χ3n) is 5.51. The molecule has 138 valence electrons. The number of aromatic nitrogens is 2. The maximum Gasteiger partial charge on any atom is 0.257 e. The smallest absolute Gasteiger partial charge is 0.257 e. The van der Waals surface area contributed by atoms with Gasteiger partial charge >= 0.3 is 0 Å². The lowest BCUT2D eigenvalue weighted by atomic mass is 9.97. The summed E-state index contributed by atoms with van der Waals surface area (Å²) in [6, 6.07) is 5.86. The van der Waals surface area contributed by atoms with Gasteiger partial charge in [0.05, 0.1) is 25.5 Å². The Morgan fingerprint density at radius 1 is 1.19 bits per heavy atom. The van der Waals surface area contributed by atoms with Gasteiger partial charge in [0.15, 0.2) is 0 Å². The molecule has 1 atom stereocenters. The van der Waals surface area contributed by atoms with Gasteiger partial charge in [-0.05, 0) is 44.4 Å². The van der Waals surface area contributed by atoms with Crippen molar-refractivity contribution in [2.75, 3.05) is 27.3 Å². The predicted octanol–water partition coefficient (Wildman–Crippen LogP) is 3.24. The molecule has 1 aliphatic carbocycles. The summed E-state index contributed by atoms with van der Waals surface area (Å²) in [5.41, 5.74) is 3.72. The van der Waals surface area contributed by atoms with Crippen molar-refractivity contribution in [3.8, 4) is 11.5 Å². The van der Waals surface area contributed by atoms with E-state index in [-0.39, 0.29) is 11.8 Å². The number of ether oxygens (including phenoxy) is 2. The van der Waals surface area contributed by atoms with E-state index in [0.29, 0.717) is 12.5 Å². The first-order chi connectivity index (χ1) is 12.6. The zero-order chi connectivity index (χ0) is 18.3. The zero-order valence-corrected chi connectivity index (χ0v) is 15.5. The summed E-state index contributed by atoms with van der Waals surface area (Å²) in [6.45, 7) is 3.38. The summed E-state index contributed by atoms with van der Waals surface area (Å²) < 4.78 is 10.9. The lowest BCUT2D eigenvalue weighted by Gasteiger charge is -2.19. The minimum absolute atomic E-state index is 0.0995. The molecule has 2 heterocycles. The first kappa shape index (κ1) is 16.9. The molecular weight excluding hydrogens is 330 g/mol. The van der Waals surface area contributed by atoms with Crippen molar-refractivity contribution in [2.24, 2.45) is 0 Å². The maximum atomic E-state index is 13.1. The normalized spacial score (nSPS) is 19.7. The Morgan fingerprint density at radius 3 is 2.69 bits per heavy atom. The molecule has 1 N–H and O–H groups in total. The highest BCUT2D eigenvalue weighted by Crippen LogP contribution is 2.42. The van der Waals surface area contributed by atoms with Crippen LogP contribution in [0, 0.1) is 6.92 Å². The Balaban J connectivity index is 1.56. The Bertz CT molecular complexity index is 826. The summed E-state index contributed by atoms with van der Waals surface area (Å²) in [5.74, 6) is 2.47. The van der Waals surface area contributed by atoms with Crippen molar-refractivity contribution >= 4 is 5.91 Å². The number of methoxy groups -OCH3 is 2. The number of likely N-dealkylation sites (tertiary alicyclic amines) is 1. The van der Waals surface area contributed by atoms with Gasteiger partial charge in [-0.15, -0.1) is 0 Å². The van der Waals surface area contributed by atoms with E-state index in [1.165, 1.54) is 0 Å². The number of amides is 1. The summed E-state index contributed by atoms with van der Waals surface area (Å²) in [4.78, 5) is 15.1. The van der Waals surface area contributed by atoms with Crippen LogP contribution < -0.4 is 9.47 Å². The van der Waals surface area contributed by atoms with Crippen LogP contribution in [-0.4, -0.2) is 48.3 Å². The van der Waals surface area contributed by atoms with Crippen LogP contribution in [0.2, 0.25) is 0 Å². The average molecular weight is 355 g/mol. The molecular formula is C20H25N3O3. The molecule has 1 aliphatic heterocycles. The van der Waals surface area contributed by atoms with Crippen LogP contribution in [0.15, 0.2) is 18.2 Å². The second-order valence-corrected chi connectivity index (χ2v) is 7.23. The van der Waals surface area contributed by atoms with Crippen molar-refractivity contribution in [1.29, 1.82) is 0 Å². The SMILES string of the molecule is COc1ccc(OC)c([C@@H]2CCN(C(=O)c3c(C4CC4)n[nH]c3C)C2)c1. The number of rotatable bonds is 5. The van der Waals surface area contributed by atoms with Gasteiger partial charge in [-0.25, -0.2) is 0 Å². The molecule has 0 unspecified atom stereocenters. The standard InChI is InChI=1S/C20H25N3O3/c1-12-18(19(22-21-12)13-4-5-13)20(24)23-9-8-14(11-23)16-10-15(25-2)6-7-17(16)26-3/h6-7,10,13-14H,4-5,8-9,11H2,1-3H3,(H,21,22)/t14-/m1/s1. The van der Waals surface area contributed by atoms with Crippen molar-refractivity contribution in [2.45, 2.75) is 38.0 Å². The summed E-state index contributed by atoms with van der Waals surface area (Å²) in [5, 5.41) is 7.39. The van der Waals surface area contributed by atoms with E-state index in [1.54, 1.807) is 14.2 Å².